The summed E-state index contributed by atoms with van der Waals surface area (Å²) in [5.41, 5.74) is 11.9. The second-order valence-corrected chi connectivity index (χ2v) is 14.4. The van der Waals surface area contributed by atoms with Gasteiger partial charge in [0.1, 0.15) is 29.8 Å². The Labute approximate surface area is 326 Å². The number of nitrogens with one attached hydrogen (secondary N) is 5. The van der Waals surface area contributed by atoms with Gasteiger partial charge in [-0.15, -0.1) is 0 Å². The van der Waals surface area contributed by atoms with Gasteiger partial charge in [0.25, 0.3) is 0 Å². The van der Waals surface area contributed by atoms with Gasteiger partial charge >= 0.3 is 5.63 Å². The zero-order valence-electron chi connectivity index (χ0n) is 32.0. The van der Waals surface area contributed by atoms with Crippen LogP contribution < -0.4 is 43.7 Å². The van der Waals surface area contributed by atoms with E-state index < -0.39 is 65.2 Å². The second kappa shape index (κ2) is 22.5. The van der Waals surface area contributed by atoms with Crippen molar-refractivity contribution in [2.75, 3.05) is 25.0 Å². The number of nitrogens with two attached hydrogens (primary N) is 2. The number of benzene rings is 1. The lowest BCUT2D eigenvalue weighted by molar-refractivity contribution is -0.142. The molecule has 3 rings (SSSR count). The molecule has 0 saturated carbocycles. The predicted molar refractivity (Wildman–Crippen MR) is 213 cm³/mol. The number of thiocarbonyl (C=S) groups is 1. The molecule has 1 aromatic heterocycles. The van der Waals surface area contributed by atoms with Crippen LogP contribution in [0.5, 0.6) is 0 Å². The summed E-state index contributed by atoms with van der Waals surface area (Å²) in [6, 6.07) is 2.31. The van der Waals surface area contributed by atoms with Gasteiger partial charge in [-0.1, -0.05) is 19.1 Å². The first kappa shape index (κ1) is 44.5. The van der Waals surface area contributed by atoms with Crippen LogP contribution >= 0.6 is 12.2 Å². The van der Waals surface area contributed by atoms with E-state index in [1.807, 2.05) is 6.92 Å². The number of hydrogen-bond donors (Lipinski definition) is 7. The summed E-state index contributed by atoms with van der Waals surface area (Å²) >= 11 is 5.34. The first-order chi connectivity index (χ1) is 26.2. The number of primary amides is 1. The summed E-state index contributed by atoms with van der Waals surface area (Å²) < 4.78 is 5.34. The Morgan fingerprint density at radius 3 is 2.31 bits per heavy atom. The van der Waals surface area contributed by atoms with Crippen molar-refractivity contribution in [3.05, 3.63) is 40.2 Å². The van der Waals surface area contributed by atoms with Gasteiger partial charge in [0.05, 0.1) is 4.99 Å². The van der Waals surface area contributed by atoms with Crippen LogP contribution in [0.15, 0.2) is 33.5 Å². The number of carbonyl (C=O) groups excluding carboxylic acids is 6. The molecule has 1 aromatic carbocycles. The molecule has 4 atom stereocenters. The number of carbonyl (C=O) groups is 6. The predicted octanol–water partition coefficient (Wildman–Crippen LogP) is 1.79. The quantitative estimate of drug-likeness (QED) is 0.0515. The van der Waals surface area contributed by atoms with Crippen molar-refractivity contribution >= 4 is 69.3 Å². The maximum absolute atomic E-state index is 14.0. The Kier molecular flexibility index (Phi) is 18.2. The molecule has 1 saturated heterocycles. The number of amides is 6. The molecule has 1 aliphatic rings. The van der Waals surface area contributed by atoms with Gasteiger partial charge in [-0.3, -0.25) is 28.8 Å². The van der Waals surface area contributed by atoms with Crippen molar-refractivity contribution in [3.8, 4) is 0 Å². The number of nitrogens with zero attached hydrogens (tertiary/aromatic N) is 1. The maximum Gasteiger partial charge on any atom is 0.336 e. The molecule has 0 spiro atoms. The largest absolute Gasteiger partial charge is 0.423 e. The number of aryl methyl sites for hydroxylation is 1. The van der Waals surface area contributed by atoms with Crippen molar-refractivity contribution in [2.24, 2.45) is 11.5 Å². The third-order valence-corrected chi connectivity index (χ3v) is 9.69. The van der Waals surface area contributed by atoms with Gasteiger partial charge in [0.2, 0.25) is 35.4 Å². The van der Waals surface area contributed by atoms with Crippen LogP contribution in [0.4, 0.5) is 5.69 Å². The highest BCUT2D eigenvalue weighted by Gasteiger charge is 2.39. The Morgan fingerprint density at radius 2 is 1.64 bits per heavy atom. The lowest BCUT2D eigenvalue weighted by Gasteiger charge is -2.30. The van der Waals surface area contributed by atoms with Crippen LogP contribution in [-0.4, -0.2) is 89.1 Å². The van der Waals surface area contributed by atoms with Crippen molar-refractivity contribution in [1.29, 1.82) is 0 Å². The molecule has 6 amide bonds. The summed E-state index contributed by atoms with van der Waals surface area (Å²) in [5, 5.41) is 15.0. The van der Waals surface area contributed by atoms with Gasteiger partial charge in [0, 0.05) is 49.6 Å². The van der Waals surface area contributed by atoms with Crippen molar-refractivity contribution in [1.82, 2.24) is 26.2 Å². The van der Waals surface area contributed by atoms with Crippen LogP contribution in [0.25, 0.3) is 11.0 Å². The van der Waals surface area contributed by atoms with E-state index in [9.17, 15) is 33.6 Å². The summed E-state index contributed by atoms with van der Waals surface area (Å²) in [4.78, 5) is 92.5. The topological polar surface area (TPSA) is 248 Å². The van der Waals surface area contributed by atoms with E-state index in [-0.39, 0.29) is 32.2 Å². The molecule has 0 unspecified atom stereocenters. The summed E-state index contributed by atoms with van der Waals surface area (Å²) in [7, 11) is 0. The highest BCUT2D eigenvalue weighted by atomic mass is 32.1. The molecule has 17 heteroatoms. The van der Waals surface area contributed by atoms with Gasteiger partial charge < -0.3 is 47.4 Å². The van der Waals surface area contributed by atoms with E-state index in [1.165, 1.54) is 17.9 Å². The maximum atomic E-state index is 14.0. The Morgan fingerprint density at radius 1 is 0.927 bits per heavy atom. The van der Waals surface area contributed by atoms with Crippen LogP contribution in [0.1, 0.15) is 96.5 Å². The summed E-state index contributed by atoms with van der Waals surface area (Å²) in [6.45, 7) is 6.29. The zero-order valence-corrected chi connectivity index (χ0v) is 32.8. The number of fused-ring (bicyclic) bond motifs is 1. The average Bonchev–Trinajstić information content (AvgIpc) is 3.62. The number of anilines is 1. The SMILES string of the molecule is CCCC(=S)NCCCC[C@H](NC(=O)[C@H](CCCCN)NC(=O)[C@@H]1CCCN1C(=O)[C@H](CCC(N)=O)NC(C)=O)C(=O)Nc1ccc2c(C)cc(=O)oc2c1. The lowest BCUT2D eigenvalue weighted by atomic mass is 10.0. The van der Waals surface area contributed by atoms with E-state index in [0.29, 0.717) is 68.3 Å². The van der Waals surface area contributed by atoms with Gasteiger partial charge in [-0.2, -0.15) is 0 Å². The lowest BCUT2D eigenvalue weighted by Crippen LogP contribution is -2.57. The van der Waals surface area contributed by atoms with Crippen LogP contribution in [0.2, 0.25) is 0 Å². The second-order valence-electron chi connectivity index (χ2n) is 13.9. The molecular weight excluding hydrogens is 729 g/mol. The van der Waals surface area contributed by atoms with Crippen LogP contribution in [0, 0.1) is 6.92 Å². The third kappa shape index (κ3) is 14.4. The monoisotopic (exact) mass is 784 g/mol. The smallest absolute Gasteiger partial charge is 0.336 e. The van der Waals surface area contributed by atoms with E-state index in [4.69, 9.17) is 28.1 Å². The first-order valence-electron chi connectivity index (χ1n) is 19.0. The van der Waals surface area contributed by atoms with Gasteiger partial charge in [0.15, 0.2) is 0 Å². The minimum Gasteiger partial charge on any atom is -0.423 e. The number of rotatable bonds is 22. The minimum atomic E-state index is -1.06. The van der Waals surface area contributed by atoms with E-state index in [1.54, 1.807) is 25.1 Å². The molecule has 16 nitrogen and oxygen atoms in total. The average molecular weight is 785 g/mol. The molecule has 0 aliphatic carbocycles. The number of unbranched alkanes of at least 4 members (excludes halogenated alkanes) is 2. The summed E-state index contributed by atoms with van der Waals surface area (Å²) in [5.74, 6) is -3.28. The Balaban J connectivity index is 1.80. The van der Waals surface area contributed by atoms with Crippen molar-refractivity contribution in [3.63, 3.8) is 0 Å². The molecule has 0 radical (unpaired) electrons. The number of likely N-dealkylation sites (tertiary alicyclic amines) is 1. The highest BCUT2D eigenvalue weighted by molar-refractivity contribution is 7.80. The molecule has 1 fully saturated rings. The normalized spacial score (nSPS) is 15.4. The fraction of sp³-hybridized carbons (Fsp3) is 0.579. The van der Waals surface area contributed by atoms with Crippen LogP contribution in [0.3, 0.4) is 0 Å². The molecule has 0 bridgehead atoms. The Bertz CT molecular complexity index is 1750. The fourth-order valence-electron chi connectivity index (χ4n) is 6.51. The van der Waals surface area contributed by atoms with E-state index >= 15 is 0 Å². The van der Waals surface area contributed by atoms with E-state index in [0.717, 1.165) is 23.4 Å². The molecule has 2 heterocycles. The Hall–Kier alpha value is -4.90. The third-order valence-electron chi connectivity index (χ3n) is 9.34. The minimum absolute atomic E-state index is 0.0269. The number of hydrogen-bond acceptors (Lipinski definition) is 10. The fourth-order valence-corrected chi connectivity index (χ4v) is 6.82. The molecule has 302 valence electrons. The van der Waals surface area contributed by atoms with Crippen LogP contribution in [-0.2, 0) is 28.8 Å². The molecule has 55 heavy (non-hydrogen) atoms. The van der Waals surface area contributed by atoms with Crippen molar-refractivity contribution < 1.29 is 33.2 Å². The van der Waals surface area contributed by atoms with E-state index in [2.05, 4.69) is 26.6 Å². The molecule has 1 aliphatic heterocycles. The first-order valence-corrected chi connectivity index (χ1v) is 19.4. The van der Waals surface area contributed by atoms with Gasteiger partial charge in [-0.05, 0) is 102 Å². The zero-order chi connectivity index (χ0) is 40.5. The summed E-state index contributed by atoms with van der Waals surface area (Å²) in [6.07, 6.45) is 5.16. The standard InChI is InChI=1S/C38H56N8O8S/c1-4-10-33(55)41-19-8-6-12-27(35(50)43-25-14-15-26-23(2)21-34(49)54-31(26)22-25)44-36(51)28(11-5-7-18-39)45-37(52)30-13-9-20-46(30)38(53)29(42-24(3)47)16-17-32(40)48/h14-15,21-22,27-30H,4-13,16-20,39H2,1-3H3,(H2,40,48)(H,41,55)(H,42,47)(H,43,50)(H,44,51)(H,45,52)/t27-,28-,29-,30-/m0/s1. The van der Waals surface area contributed by atoms with Crippen molar-refractivity contribution in [2.45, 2.75) is 122 Å². The molecule has 9 N–H and O–H groups in total. The molecular formula is C38H56N8O8S. The molecule has 2 aromatic rings. The highest BCUT2D eigenvalue weighted by Crippen LogP contribution is 2.22. The van der Waals surface area contributed by atoms with Gasteiger partial charge in [-0.25, -0.2) is 4.79 Å².